The molecule has 3 aromatic rings. The summed E-state index contributed by atoms with van der Waals surface area (Å²) in [5, 5.41) is 3.17. The minimum atomic E-state index is -3.85. The van der Waals surface area contributed by atoms with Crippen molar-refractivity contribution in [1.82, 2.24) is 0 Å². The largest absolute Gasteiger partial charge is 0.357 e. The number of aryl methyl sites for hydroxylation is 1. The zero-order valence-electron chi connectivity index (χ0n) is 18.2. The number of carbonyl (C=O) groups excluding carboxylic acids is 2. The van der Waals surface area contributed by atoms with Gasteiger partial charge in [0.25, 0.3) is 10.0 Å². The van der Waals surface area contributed by atoms with Crippen molar-refractivity contribution < 1.29 is 18.0 Å². The summed E-state index contributed by atoms with van der Waals surface area (Å²) in [5.41, 5.74) is 3.28. The number of benzene rings is 3. The Kier molecular flexibility index (Phi) is 6.42. The van der Waals surface area contributed by atoms with Gasteiger partial charge in [0.05, 0.1) is 16.3 Å². The number of ketones is 2. The van der Waals surface area contributed by atoms with Crippen LogP contribution in [0.3, 0.4) is 0 Å². The molecule has 0 unspecified atom stereocenters. The number of carbonyl (C=O) groups is 2. The average molecular weight is 461 g/mol. The third-order valence-corrected chi connectivity index (χ3v) is 6.77. The summed E-state index contributed by atoms with van der Waals surface area (Å²) in [7, 11) is -3.85. The fraction of sp³-hybridized carbons (Fsp3) is 0.154. The number of hydrogen-bond acceptors (Lipinski definition) is 5. The lowest BCUT2D eigenvalue weighted by Crippen LogP contribution is -2.16. The topological polar surface area (TPSA) is 92.3 Å². The summed E-state index contributed by atoms with van der Waals surface area (Å²) >= 11 is 0. The van der Waals surface area contributed by atoms with Crippen LogP contribution in [-0.4, -0.2) is 20.0 Å². The molecule has 0 aromatic heterocycles. The maximum atomic E-state index is 13.0. The lowest BCUT2D eigenvalue weighted by atomic mass is 10.0. The molecular weight excluding hydrogens is 436 g/mol. The summed E-state index contributed by atoms with van der Waals surface area (Å²) in [5.74, 6) is -0.164. The zero-order valence-corrected chi connectivity index (χ0v) is 19.0. The monoisotopic (exact) mass is 460 g/mol. The van der Waals surface area contributed by atoms with E-state index in [4.69, 9.17) is 0 Å². The number of sulfonamides is 1. The van der Waals surface area contributed by atoms with Crippen LogP contribution in [0.15, 0.2) is 89.5 Å². The molecule has 0 amide bonds. The predicted octanol–water partition coefficient (Wildman–Crippen LogP) is 5.08. The van der Waals surface area contributed by atoms with Crippen molar-refractivity contribution in [1.29, 1.82) is 0 Å². The molecule has 168 valence electrons. The highest BCUT2D eigenvalue weighted by molar-refractivity contribution is 7.92. The fourth-order valence-electron chi connectivity index (χ4n) is 3.62. The number of rotatable bonds is 7. The Hall–Kier alpha value is -3.71. The third-order valence-electron chi connectivity index (χ3n) is 5.39. The maximum absolute atomic E-state index is 13.0. The van der Waals surface area contributed by atoms with Crippen LogP contribution >= 0.6 is 0 Å². The normalized spacial score (nSPS) is 13.8. The molecule has 0 fully saturated rings. The van der Waals surface area contributed by atoms with Crippen LogP contribution in [0, 0.1) is 6.92 Å². The van der Waals surface area contributed by atoms with Crippen molar-refractivity contribution in [2.75, 3.05) is 10.0 Å². The highest BCUT2D eigenvalue weighted by atomic mass is 32.2. The summed E-state index contributed by atoms with van der Waals surface area (Å²) in [4.78, 5) is 25.0. The summed E-state index contributed by atoms with van der Waals surface area (Å²) in [6.07, 6.45) is 3.40. The third kappa shape index (κ3) is 5.38. The van der Waals surface area contributed by atoms with Crippen molar-refractivity contribution in [2.24, 2.45) is 0 Å². The zero-order chi connectivity index (χ0) is 23.4. The summed E-state index contributed by atoms with van der Waals surface area (Å²) < 4.78 is 28.6. The number of nitrogens with one attached hydrogen (secondary N) is 2. The molecule has 0 bridgehead atoms. The van der Waals surface area contributed by atoms with Gasteiger partial charge in [0.15, 0.2) is 11.6 Å². The van der Waals surface area contributed by atoms with Crippen molar-refractivity contribution in [3.05, 3.63) is 101 Å². The number of hydrogen-bond donors (Lipinski definition) is 2. The summed E-state index contributed by atoms with van der Waals surface area (Å²) in [6.45, 7) is 1.88. The molecule has 1 aliphatic carbocycles. The van der Waals surface area contributed by atoms with Crippen molar-refractivity contribution >= 4 is 33.0 Å². The van der Waals surface area contributed by atoms with Crippen LogP contribution in [-0.2, 0) is 14.8 Å². The highest BCUT2D eigenvalue weighted by Crippen LogP contribution is 2.30. The van der Waals surface area contributed by atoms with Gasteiger partial charge >= 0.3 is 0 Å². The maximum Gasteiger partial charge on any atom is 0.261 e. The molecular formula is C26H24N2O4S. The second kappa shape index (κ2) is 9.42. The van der Waals surface area contributed by atoms with Crippen LogP contribution in [0.25, 0.3) is 0 Å². The van der Waals surface area contributed by atoms with Gasteiger partial charge in [-0.1, -0.05) is 48.0 Å². The van der Waals surface area contributed by atoms with Gasteiger partial charge in [-0.25, -0.2) is 8.42 Å². The Morgan fingerprint density at radius 1 is 0.848 bits per heavy atom. The molecule has 3 aromatic carbocycles. The standard InChI is InChI=1S/C26H24N2O4S/c1-18-10-13-23(14-11-18)33(31,32)28-24-15-12-20(26(30)19-6-3-2-4-7-19)16-25(24)27-21-8-5-9-22(29)17-21/h2-4,6-7,10-17,27-28H,5,8-9H2,1H3. The van der Waals surface area contributed by atoms with Gasteiger partial charge in [0, 0.05) is 29.3 Å². The van der Waals surface area contributed by atoms with Crippen LogP contribution in [0.5, 0.6) is 0 Å². The first-order valence-electron chi connectivity index (χ1n) is 10.7. The first kappa shape index (κ1) is 22.5. The molecule has 2 N–H and O–H groups in total. The van der Waals surface area contributed by atoms with Gasteiger partial charge in [-0.3, -0.25) is 14.3 Å². The van der Waals surface area contributed by atoms with E-state index >= 15 is 0 Å². The van der Waals surface area contributed by atoms with E-state index in [2.05, 4.69) is 10.0 Å². The highest BCUT2D eigenvalue weighted by Gasteiger charge is 2.19. The second-order valence-corrected chi connectivity index (χ2v) is 9.67. The SMILES string of the molecule is Cc1ccc(S(=O)(=O)Nc2ccc(C(=O)c3ccccc3)cc2NC2=CC(=O)CCC2)cc1. The van der Waals surface area contributed by atoms with E-state index in [9.17, 15) is 18.0 Å². The smallest absolute Gasteiger partial charge is 0.261 e. The summed E-state index contributed by atoms with van der Waals surface area (Å²) in [6, 6.07) is 20.2. The lowest BCUT2D eigenvalue weighted by molar-refractivity contribution is -0.115. The van der Waals surface area contributed by atoms with Gasteiger partial charge in [-0.2, -0.15) is 0 Å². The molecule has 0 heterocycles. The molecule has 0 atom stereocenters. The Morgan fingerprint density at radius 2 is 1.58 bits per heavy atom. The Bertz CT molecular complexity index is 1330. The van der Waals surface area contributed by atoms with Gasteiger partial charge < -0.3 is 5.32 Å². The van der Waals surface area contributed by atoms with E-state index in [1.807, 2.05) is 13.0 Å². The predicted molar refractivity (Wildman–Crippen MR) is 129 cm³/mol. The lowest BCUT2D eigenvalue weighted by Gasteiger charge is -2.19. The Labute approximate surface area is 193 Å². The molecule has 33 heavy (non-hydrogen) atoms. The molecule has 4 rings (SSSR count). The van der Waals surface area contributed by atoms with E-state index in [0.29, 0.717) is 47.5 Å². The van der Waals surface area contributed by atoms with Crippen molar-refractivity contribution in [2.45, 2.75) is 31.1 Å². The molecule has 0 spiro atoms. The Balaban J connectivity index is 1.71. The minimum Gasteiger partial charge on any atom is -0.357 e. The van der Waals surface area contributed by atoms with E-state index in [-0.39, 0.29) is 16.5 Å². The van der Waals surface area contributed by atoms with Crippen LogP contribution in [0.1, 0.15) is 40.7 Å². The molecule has 7 heteroatoms. The fourth-order valence-corrected chi connectivity index (χ4v) is 4.70. The quantitative estimate of drug-likeness (QED) is 0.480. The molecule has 0 aliphatic heterocycles. The molecule has 0 saturated heterocycles. The first-order chi connectivity index (χ1) is 15.8. The van der Waals surface area contributed by atoms with Gasteiger partial charge in [-0.15, -0.1) is 0 Å². The van der Waals surface area contributed by atoms with Crippen LogP contribution in [0.2, 0.25) is 0 Å². The van der Waals surface area contributed by atoms with Crippen molar-refractivity contribution in [3.63, 3.8) is 0 Å². The molecule has 0 radical (unpaired) electrons. The first-order valence-corrected chi connectivity index (χ1v) is 12.1. The van der Waals surface area contributed by atoms with Gasteiger partial charge in [-0.05, 0) is 50.1 Å². The number of allylic oxidation sites excluding steroid dienone is 2. The van der Waals surface area contributed by atoms with Crippen molar-refractivity contribution in [3.8, 4) is 0 Å². The van der Waals surface area contributed by atoms with E-state index < -0.39 is 10.0 Å². The Morgan fingerprint density at radius 3 is 2.27 bits per heavy atom. The molecule has 1 aliphatic rings. The molecule has 0 saturated carbocycles. The van der Waals surface area contributed by atoms with E-state index in [1.165, 1.54) is 6.08 Å². The van der Waals surface area contributed by atoms with E-state index in [0.717, 1.165) is 5.56 Å². The second-order valence-electron chi connectivity index (χ2n) is 7.99. The number of anilines is 2. The van der Waals surface area contributed by atoms with E-state index in [1.54, 1.807) is 66.7 Å². The average Bonchev–Trinajstić information content (AvgIpc) is 2.80. The minimum absolute atomic E-state index is 0.0158. The van der Waals surface area contributed by atoms with Gasteiger partial charge in [0.2, 0.25) is 0 Å². The molecule has 6 nitrogen and oxygen atoms in total. The van der Waals surface area contributed by atoms with Gasteiger partial charge in [0.1, 0.15) is 0 Å². The van der Waals surface area contributed by atoms with Crippen LogP contribution < -0.4 is 10.0 Å². The van der Waals surface area contributed by atoms with Crippen LogP contribution in [0.4, 0.5) is 11.4 Å².